The molecule has 38 nitrogen and oxygen atoms in total. The van der Waals surface area contributed by atoms with E-state index < -0.39 is 273 Å². The Bertz CT molecular complexity index is 2420. The Balaban J connectivity index is 1.15. The van der Waals surface area contributed by atoms with Gasteiger partial charge in [0.2, 0.25) is 12.3 Å². The highest BCUT2D eigenvalue weighted by Gasteiger charge is 2.60. The smallest absolute Gasteiger partial charge is 0.217 e. The lowest BCUT2D eigenvalue weighted by Gasteiger charge is -2.53. The fourth-order valence-corrected chi connectivity index (χ4v) is 13.2. The number of hydrogen-bond donors (Lipinski definition) is 22. The number of hydrogen-bond acceptors (Lipinski definition) is 36. The maximum absolute atomic E-state index is 13.6. The molecule has 0 bridgehead atoms. The highest BCUT2D eigenvalue weighted by Crippen LogP contribution is 2.40. The fraction of sp³-hybridized carbons (Fsp3) is 0.937. The molecule has 588 valence electrons. The summed E-state index contributed by atoms with van der Waals surface area (Å²) in [6, 6.07) is -3.13. The first-order valence-electron chi connectivity index (χ1n) is 34.7. The summed E-state index contributed by atoms with van der Waals surface area (Å²) in [6.07, 6.45) is -52.0. The third-order valence-electron chi connectivity index (χ3n) is 19.3. The standard InChI is InChI=1S/C63H110N2O36/c1-5-6-7-8-9-10-11-12-13-14-15-16-17-18-30(73)29(64-25-71)24-88-58-49(86)45(82)51(34(22-69)95-58)96-62-50(87)54(40(77)32(20-67)92-62)99-57-36(65-28(4)72)53(52(35(23-70)94-57)97-59-46(83)42(79)37(74)26(2)89-59)98-63-56(101-60-47(84)43(80)38(75)27(3)90-60)55(41(78)33(21-68)93-63)100-61-48(85)44(81)39(76)31(19-66)91-61/h17-18,25-27,29-63,66-70,73-87H,5-16,19-24H2,1-4H3,(H,64,71)(H,65,72)/b18-17+/t26-,27-,29-,30+,31+,32+,33+,34+,35+,36+,37+,38+,39-,40-,41-,42+,43+,44-,45+,46-,47-,48+,49+,50+,51+,52+,53+,54-,55-,56+,57-,58+,59-,60-,61+,62-,63-/m0/s1. The van der Waals surface area contributed by atoms with Gasteiger partial charge in [-0.3, -0.25) is 9.59 Å². The first-order chi connectivity index (χ1) is 48.2. The second-order valence-electron chi connectivity index (χ2n) is 26.7. The fourth-order valence-electron chi connectivity index (χ4n) is 13.2. The zero-order valence-corrected chi connectivity index (χ0v) is 56.8. The van der Waals surface area contributed by atoms with Crippen LogP contribution in [0.3, 0.4) is 0 Å². The van der Waals surface area contributed by atoms with Crippen LogP contribution in [-0.2, 0) is 75.9 Å². The predicted molar refractivity (Wildman–Crippen MR) is 334 cm³/mol. The van der Waals surface area contributed by atoms with Crippen LogP contribution in [0.2, 0.25) is 0 Å². The van der Waals surface area contributed by atoms with E-state index in [2.05, 4.69) is 17.6 Å². The summed E-state index contributed by atoms with van der Waals surface area (Å²) < 4.78 is 84.3. The van der Waals surface area contributed by atoms with E-state index in [1.54, 1.807) is 6.08 Å². The van der Waals surface area contributed by atoms with Crippen molar-refractivity contribution in [2.24, 2.45) is 0 Å². The molecule has 22 N–H and O–H groups in total. The van der Waals surface area contributed by atoms with Gasteiger partial charge in [-0.25, -0.2) is 0 Å². The Labute approximate surface area is 583 Å². The zero-order chi connectivity index (χ0) is 74.1. The normalized spacial score (nSPS) is 44.6. The van der Waals surface area contributed by atoms with Gasteiger partial charge in [0.05, 0.1) is 64.0 Å². The molecular weight excluding hydrogens is 1360 g/mol. The Kier molecular flexibility index (Phi) is 34.8. The third kappa shape index (κ3) is 21.6. The predicted octanol–water partition coefficient (Wildman–Crippen LogP) is -9.32. The molecule has 0 radical (unpaired) electrons. The number of aliphatic hydroxyl groups excluding tert-OH is 20. The van der Waals surface area contributed by atoms with E-state index in [4.69, 9.17) is 66.3 Å². The second-order valence-corrected chi connectivity index (χ2v) is 26.7. The van der Waals surface area contributed by atoms with E-state index >= 15 is 0 Å². The zero-order valence-electron chi connectivity index (χ0n) is 56.8. The molecule has 7 aliphatic rings. The molecular formula is C63H110N2O36. The van der Waals surface area contributed by atoms with Crippen LogP contribution in [0, 0.1) is 0 Å². The van der Waals surface area contributed by atoms with Crippen molar-refractivity contribution in [1.29, 1.82) is 0 Å². The molecule has 0 aromatic rings. The average molecular weight is 1470 g/mol. The van der Waals surface area contributed by atoms with Crippen LogP contribution in [0.4, 0.5) is 0 Å². The quantitative estimate of drug-likeness (QED) is 0.0156. The molecule has 7 heterocycles. The van der Waals surface area contributed by atoms with E-state index in [9.17, 15) is 112 Å². The van der Waals surface area contributed by atoms with Crippen LogP contribution >= 0.6 is 0 Å². The molecule has 7 rings (SSSR count). The summed E-state index contributed by atoms with van der Waals surface area (Å²) in [5.41, 5.74) is 0. The van der Waals surface area contributed by atoms with Crippen LogP contribution in [0.25, 0.3) is 0 Å². The highest BCUT2D eigenvalue weighted by atomic mass is 16.8. The van der Waals surface area contributed by atoms with Crippen molar-refractivity contribution < 1.29 is 178 Å². The number of carbonyl (C=O) groups excluding carboxylic acids is 2. The van der Waals surface area contributed by atoms with Gasteiger partial charge in [0.15, 0.2) is 44.0 Å². The van der Waals surface area contributed by atoms with Gasteiger partial charge in [-0.05, 0) is 26.7 Å². The minimum atomic E-state index is -2.32. The topological polar surface area (TPSA) is 592 Å². The van der Waals surface area contributed by atoms with Crippen molar-refractivity contribution in [3.8, 4) is 0 Å². The number of nitrogens with one attached hydrogen (secondary N) is 2. The van der Waals surface area contributed by atoms with Crippen molar-refractivity contribution in [1.82, 2.24) is 10.6 Å². The summed E-state index contributed by atoms with van der Waals surface area (Å²) in [5.74, 6) is -0.980. The molecule has 7 aliphatic heterocycles. The Morgan fingerprint density at radius 1 is 0.406 bits per heavy atom. The van der Waals surface area contributed by atoms with E-state index in [0.29, 0.717) is 12.8 Å². The van der Waals surface area contributed by atoms with E-state index in [-0.39, 0.29) is 0 Å². The van der Waals surface area contributed by atoms with Gasteiger partial charge in [0, 0.05) is 6.92 Å². The summed E-state index contributed by atoms with van der Waals surface area (Å²) in [6.45, 7) is -0.212. The number of aliphatic hydroxyl groups is 20. The molecule has 38 heteroatoms. The summed E-state index contributed by atoms with van der Waals surface area (Å²) in [5, 5.41) is 227. The summed E-state index contributed by atoms with van der Waals surface area (Å²) in [7, 11) is 0. The van der Waals surface area contributed by atoms with E-state index in [1.807, 2.05) is 0 Å². The molecule has 0 aromatic heterocycles. The number of rotatable bonds is 37. The van der Waals surface area contributed by atoms with Gasteiger partial charge in [-0.2, -0.15) is 0 Å². The van der Waals surface area contributed by atoms with E-state index in [0.717, 1.165) is 32.6 Å². The molecule has 0 saturated carbocycles. The molecule has 101 heavy (non-hydrogen) atoms. The lowest BCUT2D eigenvalue weighted by molar-refractivity contribution is -0.411. The van der Waals surface area contributed by atoms with Crippen molar-refractivity contribution >= 4 is 12.3 Å². The molecule has 2 amide bonds. The Hall–Kier alpha value is -2.68. The average Bonchev–Trinajstić information content (AvgIpc) is 0.759. The van der Waals surface area contributed by atoms with Crippen LogP contribution in [0.1, 0.15) is 105 Å². The van der Waals surface area contributed by atoms with Crippen LogP contribution < -0.4 is 10.6 Å². The molecule has 7 fully saturated rings. The Morgan fingerprint density at radius 3 is 1.33 bits per heavy atom. The van der Waals surface area contributed by atoms with Crippen molar-refractivity contribution in [2.75, 3.05) is 39.6 Å². The summed E-state index contributed by atoms with van der Waals surface area (Å²) >= 11 is 0. The second kappa shape index (κ2) is 41.0. The first kappa shape index (κ1) is 85.6. The van der Waals surface area contributed by atoms with Gasteiger partial charge in [-0.1, -0.05) is 83.3 Å². The molecule has 7 saturated heterocycles. The van der Waals surface area contributed by atoms with Gasteiger partial charge < -0.3 is 179 Å². The largest absolute Gasteiger partial charge is 0.394 e. The van der Waals surface area contributed by atoms with Crippen molar-refractivity contribution in [3.05, 3.63) is 12.2 Å². The minimum absolute atomic E-state index is 0.321. The first-order valence-corrected chi connectivity index (χ1v) is 34.7. The molecule has 0 aliphatic carbocycles. The summed E-state index contributed by atoms with van der Waals surface area (Å²) in [4.78, 5) is 25.3. The number of allylic oxidation sites excluding steroid dienone is 1. The van der Waals surface area contributed by atoms with Crippen LogP contribution in [0.15, 0.2) is 12.2 Å². The van der Waals surface area contributed by atoms with Gasteiger partial charge in [-0.15, -0.1) is 0 Å². The van der Waals surface area contributed by atoms with Crippen LogP contribution in [0.5, 0.6) is 0 Å². The number of unbranched alkanes of at least 4 members (excludes halogenated alkanes) is 11. The SMILES string of the molecule is CCCCCCCCCCCCC/C=C/[C@@H](O)[C@H](CO[C@@H]1O[C@H](CO)[C@@H](O[C@@H]2O[C@H](CO)[C@H](O)[C@H](O[C@@H]3O[C@H](CO)[C@@H](O[C@@H]4O[C@@H](C)[C@@H](O)[C@@H](O)[C@@H]4O)[C@H](O[C@@H]4O[C@H](CO)[C@H](O)[C@H](O[C@H]5O[C@H](CO)[C@H](O)[C@H](O)[C@H]5O)[C@H]4O[C@@H]4O[C@@H](C)[C@@H](O)[C@@H](O)[C@@H]4O)[C@H]3NC(C)=O)[C@H]2O)[C@H](O)[C@H]1O)NC=O. The highest BCUT2D eigenvalue weighted by molar-refractivity contribution is 5.73. The maximum Gasteiger partial charge on any atom is 0.217 e. The van der Waals surface area contributed by atoms with Crippen LogP contribution in [-0.4, -0.2) is 381 Å². The molecule has 0 spiro atoms. The van der Waals surface area contributed by atoms with Gasteiger partial charge in [0.25, 0.3) is 0 Å². The van der Waals surface area contributed by atoms with Gasteiger partial charge >= 0.3 is 0 Å². The lowest BCUT2D eigenvalue weighted by atomic mass is 9.93. The van der Waals surface area contributed by atoms with Crippen molar-refractivity contribution in [2.45, 2.75) is 332 Å². The monoisotopic (exact) mass is 1470 g/mol. The molecule has 37 atom stereocenters. The third-order valence-corrected chi connectivity index (χ3v) is 19.3. The number of amides is 2. The minimum Gasteiger partial charge on any atom is -0.394 e. The molecule has 0 unspecified atom stereocenters. The van der Waals surface area contributed by atoms with Gasteiger partial charge in [0.1, 0.15) is 159 Å². The lowest BCUT2D eigenvalue weighted by Crippen LogP contribution is -2.72. The maximum atomic E-state index is 13.6. The molecule has 0 aromatic carbocycles. The number of carbonyl (C=O) groups is 2. The van der Waals surface area contributed by atoms with Crippen molar-refractivity contribution in [3.63, 3.8) is 0 Å². The number of ether oxygens (including phenoxy) is 14. The van der Waals surface area contributed by atoms with E-state index in [1.165, 1.54) is 64.9 Å². The Morgan fingerprint density at radius 2 is 0.802 bits per heavy atom.